The van der Waals surface area contributed by atoms with Gasteiger partial charge in [0, 0.05) is 18.8 Å². The predicted molar refractivity (Wildman–Crippen MR) is 84.0 cm³/mol. The van der Waals surface area contributed by atoms with Crippen molar-refractivity contribution in [2.75, 3.05) is 18.4 Å². The lowest BCUT2D eigenvalue weighted by atomic mass is 10.1. The van der Waals surface area contributed by atoms with Crippen molar-refractivity contribution in [2.45, 2.75) is 6.42 Å². The second kappa shape index (κ2) is 7.90. The van der Waals surface area contributed by atoms with E-state index in [2.05, 4.69) is 21.5 Å². The van der Waals surface area contributed by atoms with Gasteiger partial charge >= 0.3 is 0 Å². The molecule has 0 atom stereocenters. The standard InChI is InChI=1S/C17H15F2N3O/c1-2-8-21-17(23)13-4-6-16(22-11-13)20-9-7-12-3-5-14(18)10-15(12)19/h1,3-6,10-11H,7-9H2,(H,20,22)(H,21,23). The van der Waals surface area contributed by atoms with Crippen molar-refractivity contribution in [2.24, 2.45) is 0 Å². The van der Waals surface area contributed by atoms with Gasteiger partial charge in [-0.05, 0) is 30.2 Å². The summed E-state index contributed by atoms with van der Waals surface area (Å²) in [6.07, 6.45) is 6.87. The van der Waals surface area contributed by atoms with E-state index in [0.717, 1.165) is 6.07 Å². The number of halogens is 2. The van der Waals surface area contributed by atoms with Crippen molar-refractivity contribution < 1.29 is 13.6 Å². The molecular formula is C17H15F2N3O. The molecule has 1 heterocycles. The van der Waals surface area contributed by atoms with Crippen LogP contribution in [0.25, 0.3) is 0 Å². The molecule has 1 aromatic carbocycles. The highest BCUT2D eigenvalue weighted by Gasteiger charge is 2.06. The molecule has 0 spiro atoms. The summed E-state index contributed by atoms with van der Waals surface area (Å²) in [5.41, 5.74) is 0.819. The van der Waals surface area contributed by atoms with E-state index in [1.165, 1.54) is 18.3 Å². The topological polar surface area (TPSA) is 54.0 Å². The lowest BCUT2D eigenvalue weighted by molar-refractivity contribution is 0.0958. The monoisotopic (exact) mass is 315 g/mol. The van der Waals surface area contributed by atoms with Crippen molar-refractivity contribution in [3.63, 3.8) is 0 Å². The number of hydrogen-bond donors (Lipinski definition) is 2. The number of pyridine rings is 1. The Hall–Kier alpha value is -2.94. The molecule has 0 saturated carbocycles. The van der Waals surface area contributed by atoms with E-state index in [-0.39, 0.29) is 12.5 Å². The van der Waals surface area contributed by atoms with E-state index in [9.17, 15) is 13.6 Å². The molecule has 2 aromatic rings. The first-order valence-electron chi connectivity index (χ1n) is 6.95. The number of amides is 1. The van der Waals surface area contributed by atoms with Crippen molar-refractivity contribution in [3.05, 3.63) is 59.3 Å². The van der Waals surface area contributed by atoms with Gasteiger partial charge in [-0.1, -0.05) is 12.0 Å². The van der Waals surface area contributed by atoms with Gasteiger partial charge in [0.1, 0.15) is 17.5 Å². The lowest BCUT2D eigenvalue weighted by Gasteiger charge is -2.07. The first kappa shape index (κ1) is 16.4. The third-order valence-electron chi connectivity index (χ3n) is 3.09. The number of terminal acetylenes is 1. The van der Waals surface area contributed by atoms with Crippen LogP contribution in [0.5, 0.6) is 0 Å². The molecule has 1 amide bonds. The highest BCUT2D eigenvalue weighted by molar-refractivity contribution is 5.94. The van der Waals surface area contributed by atoms with Crippen LogP contribution >= 0.6 is 0 Å². The van der Waals surface area contributed by atoms with Crippen LogP contribution < -0.4 is 10.6 Å². The fraction of sp³-hybridized carbons (Fsp3) is 0.176. The smallest absolute Gasteiger partial charge is 0.253 e. The van der Waals surface area contributed by atoms with Crippen LogP contribution in [0, 0.1) is 24.0 Å². The molecule has 1 aromatic heterocycles. The fourth-order valence-corrected chi connectivity index (χ4v) is 1.92. The van der Waals surface area contributed by atoms with Gasteiger partial charge in [-0.25, -0.2) is 13.8 Å². The largest absolute Gasteiger partial charge is 0.370 e. The van der Waals surface area contributed by atoms with Crippen molar-refractivity contribution in [1.82, 2.24) is 10.3 Å². The molecule has 118 valence electrons. The molecular weight excluding hydrogens is 300 g/mol. The Balaban J connectivity index is 1.87. The van der Waals surface area contributed by atoms with Gasteiger partial charge < -0.3 is 10.6 Å². The van der Waals surface area contributed by atoms with E-state index in [1.54, 1.807) is 12.1 Å². The Labute approximate surface area is 132 Å². The molecule has 0 radical (unpaired) electrons. The van der Waals surface area contributed by atoms with E-state index in [0.29, 0.717) is 29.9 Å². The summed E-state index contributed by atoms with van der Waals surface area (Å²) >= 11 is 0. The molecule has 0 aliphatic rings. The SMILES string of the molecule is C#CCNC(=O)c1ccc(NCCc2ccc(F)cc2F)nc1. The minimum Gasteiger partial charge on any atom is -0.370 e. The Morgan fingerprint density at radius 3 is 2.74 bits per heavy atom. The third-order valence-corrected chi connectivity index (χ3v) is 3.09. The summed E-state index contributed by atoms with van der Waals surface area (Å²) in [5, 5.41) is 5.54. The second-order valence-electron chi connectivity index (χ2n) is 4.73. The van der Waals surface area contributed by atoms with Gasteiger partial charge in [0.05, 0.1) is 12.1 Å². The zero-order valence-corrected chi connectivity index (χ0v) is 12.3. The number of nitrogens with zero attached hydrogens (tertiary/aromatic N) is 1. The average Bonchev–Trinajstić information content (AvgIpc) is 2.55. The number of carbonyl (C=O) groups is 1. The summed E-state index contributed by atoms with van der Waals surface area (Å²) in [4.78, 5) is 15.7. The van der Waals surface area contributed by atoms with Gasteiger partial charge in [-0.2, -0.15) is 0 Å². The number of anilines is 1. The van der Waals surface area contributed by atoms with E-state index in [1.807, 2.05) is 0 Å². The minimum atomic E-state index is -0.598. The number of nitrogens with one attached hydrogen (secondary N) is 2. The Kier molecular flexibility index (Phi) is 5.64. The summed E-state index contributed by atoms with van der Waals surface area (Å²) in [6, 6.07) is 6.75. The van der Waals surface area contributed by atoms with Crippen molar-refractivity contribution >= 4 is 11.7 Å². The van der Waals surface area contributed by atoms with Crippen LogP contribution in [0.2, 0.25) is 0 Å². The number of carbonyl (C=O) groups excluding carboxylic acids is 1. The van der Waals surface area contributed by atoms with E-state index >= 15 is 0 Å². The molecule has 0 aliphatic carbocycles. The summed E-state index contributed by atoms with van der Waals surface area (Å²) in [6.45, 7) is 0.584. The van der Waals surface area contributed by atoms with Crippen LogP contribution in [-0.2, 0) is 6.42 Å². The van der Waals surface area contributed by atoms with Crippen molar-refractivity contribution in [1.29, 1.82) is 0 Å². The molecule has 0 fully saturated rings. The molecule has 23 heavy (non-hydrogen) atoms. The molecule has 4 nitrogen and oxygen atoms in total. The van der Waals surface area contributed by atoms with Crippen LogP contribution in [-0.4, -0.2) is 24.0 Å². The van der Waals surface area contributed by atoms with Gasteiger partial charge in [0.25, 0.3) is 5.91 Å². The number of aromatic nitrogens is 1. The average molecular weight is 315 g/mol. The summed E-state index contributed by atoms with van der Waals surface area (Å²) < 4.78 is 26.3. The van der Waals surface area contributed by atoms with Gasteiger partial charge in [-0.15, -0.1) is 6.42 Å². The summed E-state index contributed by atoms with van der Waals surface area (Å²) in [7, 11) is 0. The molecule has 6 heteroatoms. The molecule has 0 aliphatic heterocycles. The number of benzene rings is 1. The highest BCUT2D eigenvalue weighted by Crippen LogP contribution is 2.11. The highest BCUT2D eigenvalue weighted by atomic mass is 19.1. The minimum absolute atomic E-state index is 0.155. The maximum atomic E-state index is 13.5. The van der Waals surface area contributed by atoms with E-state index in [4.69, 9.17) is 6.42 Å². The zero-order valence-electron chi connectivity index (χ0n) is 12.3. The van der Waals surface area contributed by atoms with Crippen LogP contribution in [0.15, 0.2) is 36.5 Å². The van der Waals surface area contributed by atoms with Gasteiger partial charge in [0.15, 0.2) is 0 Å². The zero-order chi connectivity index (χ0) is 16.7. The molecule has 2 rings (SSSR count). The second-order valence-corrected chi connectivity index (χ2v) is 4.73. The van der Waals surface area contributed by atoms with Crippen molar-refractivity contribution in [3.8, 4) is 12.3 Å². The van der Waals surface area contributed by atoms with Crippen LogP contribution in [0.4, 0.5) is 14.6 Å². The predicted octanol–water partition coefficient (Wildman–Crippen LogP) is 2.38. The van der Waals surface area contributed by atoms with Crippen LogP contribution in [0.1, 0.15) is 15.9 Å². The summed E-state index contributed by atoms with van der Waals surface area (Å²) in [5.74, 6) is 1.41. The van der Waals surface area contributed by atoms with Crippen LogP contribution in [0.3, 0.4) is 0 Å². The molecule has 2 N–H and O–H groups in total. The molecule has 0 bridgehead atoms. The Bertz CT molecular complexity index is 724. The number of rotatable bonds is 6. The lowest BCUT2D eigenvalue weighted by Crippen LogP contribution is -2.23. The maximum absolute atomic E-state index is 13.5. The quantitative estimate of drug-likeness (QED) is 0.805. The Morgan fingerprint density at radius 2 is 2.09 bits per heavy atom. The first-order chi connectivity index (χ1) is 11.1. The maximum Gasteiger partial charge on any atom is 0.253 e. The Morgan fingerprint density at radius 1 is 1.26 bits per heavy atom. The van der Waals surface area contributed by atoms with Gasteiger partial charge in [0.2, 0.25) is 0 Å². The number of hydrogen-bond acceptors (Lipinski definition) is 3. The molecule has 0 saturated heterocycles. The van der Waals surface area contributed by atoms with E-state index < -0.39 is 11.6 Å². The molecule has 0 unspecified atom stereocenters. The fourth-order valence-electron chi connectivity index (χ4n) is 1.92. The normalized spacial score (nSPS) is 9.96. The third kappa shape index (κ3) is 4.78. The first-order valence-corrected chi connectivity index (χ1v) is 6.95. The van der Waals surface area contributed by atoms with Gasteiger partial charge in [-0.3, -0.25) is 4.79 Å².